The van der Waals surface area contributed by atoms with Crippen molar-refractivity contribution in [1.82, 2.24) is 0 Å². The lowest BCUT2D eigenvalue weighted by Gasteiger charge is -2.27. The fourth-order valence-corrected chi connectivity index (χ4v) is 3.99. The van der Waals surface area contributed by atoms with Crippen LogP contribution in [0, 0.1) is 11.3 Å². The van der Waals surface area contributed by atoms with Crippen LogP contribution in [0.3, 0.4) is 0 Å². The summed E-state index contributed by atoms with van der Waals surface area (Å²) in [4.78, 5) is 26.6. The normalized spacial score (nSPS) is 19.0. The van der Waals surface area contributed by atoms with Gasteiger partial charge >= 0.3 is 11.9 Å². The Morgan fingerprint density at radius 1 is 1.24 bits per heavy atom. The van der Waals surface area contributed by atoms with Gasteiger partial charge in [0.15, 0.2) is 12.3 Å². The number of ether oxygens (including phenoxy) is 2. The highest BCUT2D eigenvalue weighted by molar-refractivity contribution is 9.10. The first-order valence-electron chi connectivity index (χ1n) is 9.57. The summed E-state index contributed by atoms with van der Waals surface area (Å²) in [5.41, 5.74) is 0.904. The maximum Gasteiger partial charge on any atom is 0.342 e. The van der Waals surface area contributed by atoms with E-state index in [4.69, 9.17) is 19.2 Å². The number of halogens is 1. The number of piperazine rings is 1. The van der Waals surface area contributed by atoms with Crippen molar-refractivity contribution in [2.75, 3.05) is 39.3 Å². The molecule has 0 radical (unpaired) electrons. The second kappa shape index (κ2) is 9.39. The third-order valence-corrected chi connectivity index (χ3v) is 5.57. The minimum Gasteiger partial charge on any atom is -0.462 e. The van der Waals surface area contributed by atoms with Gasteiger partial charge in [-0.2, -0.15) is 5.26 Å². The molecule has 2 heterocycles. The second-order valence-corrected chi connectivity index (χ2v) is 7.86. The van der Waals surface area contributed by atoms with Crippen molar-refractivity contribution in [1.29, 1.82) is 5.26 Å². The monoisotopic (exact) mass is 465 g/mol. The number of nitriles is 1. The number of rotatable bonds is 6. The van der Waals surface area contributed by atoms with Crippen LogP contribution in [0.15, 0.2) is 21.0 Å². The first kappa shape index (κ1) is 21.3. The lowest BCUT2D eigenvalue weighted by atomic mass is 10.1. The van der Waals surface area contributed by atoms with Gasteiger partial charge in [0.1, 0.15) is 55.7 Å². The molecule has 9 heteroatoms. The zero-order valence-electron chi connectivity index (χ0n) is 16.5. The summed E-state index contributed by atoms with van der Waals surface area (Å²) in [5.74, 6) is -0.0212. The smallest absolute Gasteiger partial charge is 0.342 e. The number of quaternary nitrogens is 2. The van der Waals surface area contributed by atoms with Crippen LogP contribution in [0.5, 0.6) is 5.75 Å². The summed E-state index contributed by atoms with van der Waals surface area (Å²) in [6, 6.07) is 5.54. The molecule has 1 saturated heterocycles. The molecule has 2 N–H and O–H groups in total. The number of benzene rings is 1. The molecule has 0 amide bonds. The Balaban J connectivity index is 1.93. The summed E-state index contributed by atoms with van der Waals surface area (Å²) in [6.45, 7) is 7.96. The lowest BCUT2D eigenvalue weighted by molar-refractivity contribution is -1.02. The molecule has 29 heavy (non-hydrogen) atoms. The molecule has 1 aliphatic heterocycles. The lowest BCUT2D eigenvalue weighted by Crippen LogP contribution is -3.27. The van der Waals surface area contributed by atoms with Crippen molar-refractivity contribution in [2.24, 2.45) is 0 Å². The largest absolute Gasteiger partial charge is 0.462 e. The van der Waals surface area contributed by atoms with Crippen molar-refractivity contribution in [3.05, 3.63) is 27.9 Å². The average Bonchev–Trinajstić information content (AvgIpc) is 3.00. The van der Waals surface area contributed by atoms with Gasteiger partial charge in [-0.05, 0) is 35.0 Å². The number of carbonyl (C=O) groups is 2. The van der Waals surface area contributed by atoms with E-state index in [0.717, 1.165) is 26.2 Å². The van der Waals surface area contributed by atoms with Crippen LogP contribution in [0.4, 0.5) is 0 Å². The van der Waals surface area contributed by atoms with Crippen LogP contribution in [0.2, 0.25) is 0 Å². The molecule has 0 bridgehead atoms. The van der Waals surface area contributed by atoms with E-state index in [-0.39, 0.29) is 6.61 Å². The average molecular weight is 466 g/mol. The van der Waals surface area contributed by atoms with Gasteiger partial charge in [-0.15, -0.1) is 0 Å². The summed E-state index contributed by atoms with van der Waals surface area (Å²) < 4.78 is 17.1. The molecule has 1 aliphatic rings. The van der Waals surface area contributed by atoms with E-state index in [1.165, 1.54) is 16.7 Å². The molecule has 0 atom stereocenters. The van der Waals surface area contributed by atoms with Crippen LogP contribution in [-0.4, -0.2) is 51.3 Å². The third kappa shape index (κ3) is 4.96. The quantitative estimate of drug-likeness (QED) is 0.356. The third-order valence-electron chi connectivity index (χ3n) is 4.95. The van der Waals surface area contributed by atoms with Crippen molar-refractivity contribution >= 4 is 38.8 Å². The molecule has 0 spiro atoms. The Kier molecular flexibility index (Phi) is 6.90. The molecule has 0 unspecified atom stereocenters. The van der Waals surface area contributed by atoms with Gasteiger partial charge < -0.3 is 23.7 Å². The van der Waals surface area contributed by atoms with Crippen LogP contribution < -0.4 is 14.5 Å². The number of nitrogens with one attached hydrogen (secondary N) is 2. The molecule has 1 fully saturated rings. The highest BCUT2D eigenvalue weighted by atomic mass is 79.9. The van der Waals surface area contributed by atoms with Crippen LogP contribution in [0.25, 0.3) is 11.0 Å². The van der Waals surface area contributed by atoms with Crippen LogP contribution in [-0.2, 0) is 16.1 Å². The van der Waals surface area contributed by atoms with E-state index in [9.17, 15) is 9.59 Å². The molecular weight excluding hydrogens is 442 g/mol. The minimum atomic E-state index is -0.453. The Labute approximate surface area is 177 Å². The highest BCUT2D eigenvalue weighted by Gasteiger charge is 2.29. The van der Waals surface area contributed by atoms with Gasteiger partial charge in [-0.25, -0.2) is 4.79 Å². The fourth-order valence-electron chi connectivity index (χ4n) is 3.58. The second-order valence-electron chi connectivity index (χ2n) is 7.00. The van der Waals surface area contributed by atoms with E-state index < -0.39 is 11.9 Å². The minimum absolute atomic E-state index is 0.251. The van der Waals surface area contributed by atoms with Gasteiger partial charge in [0.25, 0.3) is 0 Å². The van der Waals surface area contributed by atoms with Gasteiger partial charge in [0.2, 0.25) is 0 Å². The first-order valence-corrected chi connectivity index (χ1v) is 10.4. The molecular formula is C20H24BrN3O5+2. The molecule has 2 aromatic rings. The number of hydrogen-bond donors (Lipinski definition) is 2. The molecule has 1 aromatic heterocycles. The van der Waals surface area contributed by atoms with Gasteiger partial charge in [-0.1, -0.05) is 0 Å². The number of nitrogens with zero attached hydrogens (tertiary/aromatic N) is 1. The van der Waals surface area contributed by atoms with Gasteiger partial charge in [-0.3, -0.25) is 4.79 Å². The molecule has 3 rings (SSSR count). The summed E-state index contributed by atoms with van der Waals surface area (Å²) in [5, 5.41) is 9.43. The molecule has 0 saturated carbocycles. The zero-order valence-corrected chi connectivity index (χ0v) is 18.1. The van der Waals surface area contributed by atoms with Gasteiger partial charge in [0.05, 0.1) is 11.1 Å². The fraction of sp³-hybridized carbons (Fsp3) is 0.450. The number of furan rings is 1. The number of carbonyl (C=O) groups excluding carboxylic acids is 2. The van der Waals surface area contributed by atoms with E-state index >= 15 is 0 Å². The summed E-state index contributed by atoms with van der Waals surface area (Å²) in [7, 11) is 0. The Morgan fingerprint density at radius 3 is 2.55 bits per heavy atom. The molecule has 0 aliphatic carbocycles. The number of hydrogen-bond acceptors (Lipinski definition) is 6. The van der Waals surface area contributed by atoms with Crippen molar-refractivity contribution in [3.8, 4) is 11.8 Å². The number of esters is 2. The van der Waals surface area contributed by atoms with Crippen molar-refractivity contribution in [3.63, 3.8) is 0 Å². The molecule has 1 aromatic carbocycles. The Morgan fingerprint density at radius 2 is 1.93 bits per heavy atom. The topological polar surface area (TPSA) is 98.4 Å². The standard InChI is InChI=1S/C20H22BrN3O5/c1-3-27-20(26)19-14-10-17(28-13(2)25)15(21)11-16(14)29-18(19)12-24-8-6-23(5-4-22)7-9-24/h10-11H,3,5-9,12H2,1-2H3/p+2. The number of fused-ring (bicyclic) bond motifs is 1. The highest BCUT2D eigenvalue weighted by Crippen LogP contribution is 2.35. The maximum atomic E-state index is 12.7. The van der Waals surface area contributed by atoms with Crippen LogP contribution in [0.1, 0.15) is 30.0 Å². The Hall–Kier alpha value is -2.41. The van der Waals surface area contributed by atoms with Crippen molar-refractivity contribution < 1.29 is 33.3 Å². The van der Waals surface area contributed by atoms with Crippen molar-refractivity contribution in [2.45, 2.75) is 20.4 Å². The Bertz CT molecular complexity index is 957. The molecule has 154 valence electrons. The predicted octanol–water partition coefficient (Wildman–Crippen LogP) is 0.104. The van der Waals surface area contributed by atoms with E-state index in [1.807, 2.05) is 0 Å². The van der Waals surface area contributed by atoms with E-state index in [0.29, 0.717) is 45.6 Å². The van der Waals surface area contributed by atoms with E-state index in [1.54, 1.807) is 19.1 Å². The maximum absolute atomic E-state index is 12.7. The zero-order chi connectivity index (χ0) is 21.0. The van der Waals surface area contributed by atoms with Crippen LogP contribution >= 0.6 is 15.9 Å². The summed E-state index contributed by atoms with van der Waals surface area (Å²) >= 11 is 3.38. The predicted molar refractivity (Wildman–Crippen MR) is 107 cm³/mol. The van der Waals surface area contributed by atoms with E-state index in [2.05, 4.69) is 22.0 Å². The SMILES string of the molecule is CCOC(=O)c1c(C[NH+]2CC[NH+](CC#N)CC2)oc2cc(Br)c(OC(C)=O)cc12. The first-order chi connectivity index (χ1) is 13.9. The van der Waals surface area contributed by atoms with Gasteiger partial charge in [0, 0.05) is 12.3 Å². The summed E-state index contributed by atoms with van der Waals surface area (Å²) in [6.07, 6.45) is 0. The molecule has 8 nitrogen and oxygen atoms in total.